The number of aliphatic hydroxyl groups is 1. The van der Waals surface area contributed by atoms with Crippen molar-refractivity contribution in [2.45, 2.75) is 12.6 Å². The second-order valence-corrected chi connectivity index (χ2v) is 7.14. The van der Waals surface area contributed by atoms with Crippen molar-refractivity contribution >= 4 is 11.7 Å². The minimum atomic E-state index is -0.903. The second-order valence-electron chi connectivity index (χ2n) is 7.14. The minimum Gasteiger partial charge on any atom is -0.388 e. The number of ketones is 1. The van der Waals surface area contributed by atoms with Crippen molar-refractivity contribution < 1.29 is 19.4 Å². The van der Waals surface area contributed by atoms with E-state index in [1.54, 1.807) is 31.4 Å². The van der Waals surface area contributed by atoms with E-state index in [-0.39, 0.29) is 6.54 Å². The Labute approximate surface area is 183 Å². The quantitative estimate of drug-likeness (QED) is 0.488. The van der Waals surface area contributed by atoms with E-state index in [1.807, 2.05) is 12.1 Å². The maximum atomic E-state index is 12.2. The fourth-order valence-electron chi connectivity index (χ4n) is 2.80. The lowest BCUT2D eigenvalue weighted by molar-refractivity contribution is -0.123. The van der Waals surface area contributed by atoms with Crippen molar-refractivity contribution in [3.8, 4) is 11.8 Å². The molecule has 0 heterocycles. The van der Waals surface area contributed by atoms with E-state index >= 15 is 0 Å². The fourth-order valence-corrected chi connectivity index (χ4v) is 2.80. The molecule has 7 heteroatoms. The molecular weight excluding hydrogens is 394 g/mol. The molecule has 0 aliphatic heterocycles. The summed E-state index contributed by atoms with van der Waals surface area (Å²) in [5.41, 5.74) is 8.73. The number of nitrogens with two attached hydrogens (primary N) is 1. The lowest BCUT2D eigenvalue weighted by Gasteiger charge is -2.15. The van der Waals surface area contributed by atoms with Gasteiger partial charge in [0, 0.05) is 43.4 Å². The van der Waals surface area contributed by atoms with Gasteiger partial charge in [-0.25, -0.2) is 0 Å². The Morgan fingerprint density at radius 2 is 1.68 bits per heavy atom. The first-order valence-electron chi connectivity index (χ1n) is 9.99. The molecule has 0 radical (unpaired) electrons. The molecule has 0 aliphatic carbocycles. The van der Waals surface area contributed by atoms with Gasteiger partial charge >= 0.3 is 0 Å². The molecule has 31 heavy (non-hydrogen) atoms. The highest BCUT2D eigenvalue weighted by molar-refractivity contribution is 5.98. The van der Waals surface area contributed by atoms with Crippen LogP contribution in [-0.2, 0) is 16.1 Å². The number of hydrogen-bond donors (Lipinski definition) is 3. The summed E-state index contributed by atoms with van der Waals surface area (Å²) in [6.45, 7) is 1.68. The van der Waals surface area contributed by atoms with Crippen LogP contribution in [0.1, 0.15) is 27.0 Å². The second kappa shape index (κ2) is 12.6. The topological polar surface area (TPSA) is 105 Å². The molecule has 0 fully saturated rings. The number of hydrogen-bond acceptors (Lipinski definition) is 6. The Hall–Kier alpha value is -3.02. The first-order chi connectivity index (χ1) is 15.0. The van der Waals surface area contributed by atoms with Gasteiger partial charge in [0.15, 0.2) is 5.78 Å². The van der Waals surface area contributed by atoms with Crippen molar-refractivity contribution in [1.82, 2.24) is 10.2 Å². The van der Waals surface area contributed by atoms with E-state index in [0.717, 1.165) is 24.2 Å². The number of nitrogens with one attached hydrogen (secondary N) is 1. The number of methoxy groups -OCH3 is 1. The molecule has 2 aromatic carbocycles. The predicted molar refractivity (Wildman–Crippen MR) is 119 cm³/mol. The lowest BCUT2D eigenvalue weighted by Crippen LogP contribution is -2.46. The smallest absolute Gasteiger partial charge is 0.251 e. The highest BCUT2D eigenvalue weighted by Gasteiger charge is 2.18. The highest BCUT2D eigenvalue weighted by Crippen LogP contribution is 2.08. The number of Topliss-reactive ketones (excluding diaryl/α,β-unsaturated/α-hetero) is 1. The van der Waals surface area contributed by atoms with Crippen molar-refractivity contribution in [2.24, 2.45) is 5.73 Å². The minimum absolute atomic E-state index is 0.0725. The van der Waals surface area contributed by atoms with E-state index in [4.69, 9.17) is 15.6 Å². The van der Waals surface area contributed by atoms with Gasteiger partial charge in [-0.3, -0.25) is 14.5 Å². The number of ether oxygens (including phenoxy) is 1. The fraction of sp³-hybridized carbons (Fsp3) is 0.333. The van der Waals surface area contributed by atoms with Crippen molar-refractivity contribution in [2.75, 3.05) is 40.5 Å². The number of amides is 1. The summed E-state index contributed by atoms with van der Waals surface area (Å²) in [5, 5.41) is 11.4. The van der Waals surface area contributed by atoms with E-state index in [9.17, 15) is 9.59 Å². The Bertz CT molecular complexity index is 915. The van der Waals surface area contributed by atoms with Gasteiger partial charge in [0.05, 0.1) is 6.61 Å². The summed E-state index contributed by atoms with van der Waals surface area (Å²) < 4.78 is 5.09. The molecule has 0 saturated carbocycles. The lowest BCUT2D eigenvalue weighted by atomic mass is 10.1. The van der Waals surface area contributed by atoms with Gasteiger partial charge in [-0.1, -0.05) is 24.0 Å². The standard InChI is InChI=1S/C24H29N3O4/c1-27(13-14-31-2)16-20-7-5-18(6-8-20)3-4-19-9-11-21(12-10-19)24(30)26-22(15-25)23(29)17-28/h5-12,22,28H,13-17,25H2,1-2H3,(H,26,30)/t22-/m0/s1. The van der Waals surface area contributed by atoms with Gasteiger partial charge in [0.2, 0.25) is 0 Å². The predicted octanol–water partition coefficient (Wildman–Crippen LogP) is 0.783. The molecule has 0 saturated heterocycles. The molecule has 164 valence electrons. The Morgan fingerprint density at radius 1 is 1.10 bits per heavy atom. The van der Waals surface area contributed by atoms with Gasteiger partial charge in [-0.05, 0) is 49.0 Å². The van der Waals surface area contributed by atoms with Gasteiger partial charge in [0.25, 0.3) is 5.91 Å². The van der Waals surface area contributed by atoms with E-state index in [2.05, 4.69) is 41.2 Å². The zero-order valence-corrected chi connectivity index (χ0v) is 17.9. The summed E-state index contributed by atoms with van der Waals surface area (Å²) in [6, 6.07) is 13.9. The third kappa shape index (κ3) is 7.96. The number of carbonyl (C=O) groups excluding carboxylic acids is 2. The number of carbonyl (C=O) groups is 2. The van der Waals surface area contributed by atoms with Gasteiger partial charge in [-0.2, -0.15) is 0 Å². The molecule has 0 spiro atoms. The normalized spacial score (nSPS) is 11.5. The number of aliphatic hydroxyl groups excluding tert-OH is 1. The summed E-state index contributed by atoms with van der Waals surface area (Å²) >= 11 is 0. The number of likely N-dealkylation sites (N-methyl/N-ethyl adjacent to an activating group) is 1. The zero-order chi connectivity index (χ0) is 22.6. The maximum absolute atomic E-state index is 12.2. The Kier molecular flexibility index (Phi) is 9.88. The first-order valence-corrected chi connectivity index (χ1v) is 9.99. The molecule has 0 unspecified atom stereocenters. The van der Waals surface area contributed by atoms with Gasteiger partial charge in [-0.15, -0.1) is 0 Å². The summed E-state index contributed by atoms with van der Waals surface area (Å²) in [6.07, 6.45) is 0. The van der Waals surface area contributed by atoms with Crippen LogP contribution in [0, 0.1) is 11.8 Å². The SMILES string of the molecule is COCCN(C)Cc1ccc(C#Cc2ccc(C(=O)N[C@@H](CN)C(=O)CO)cc2)cc1. The van der Waals surface area contributed by atoms with Crippen molar-refractivity contribution in [3.63, 3.8) is 0 Å². The zero-order valence-electron chi connectivity index (χ0n) is 17.9. The molecule has 4 N–H and O–H groups in total. The average molecular weight is 424 g/mol. The third-order valence-electron chi connectivity index (χ3n) is 4.67. The molecule has 1 atom stereocenters. The van der Waals surface area contributed by atoms with E-state index in [1.165, 1.54) is 5.56 Å². The van der Waals surface area contributed by atoms with Crippen LogP contribution in [0.25, 0.3) is 0 Å². The van der Waals surface area contributed by atoms with Crippen LogP contribution in [0.3, 0.4) is 0 Å². The number of nitrogens with zero attached hydrogens (tertiary/aromatic N) is 1. The van der Waals surface area contributed by atoms with Crippen LogP contribution < -0.4 is 11.1 Å². The number of rotatable bonds is 10. The van der Waals surface area contributed by atoms with Gasteiger partial charge < -0.3 is 20.9 Å². The molecular formula is C24H29N3O4. The summed E-state index contributed by atoms with van der Waals surface area (Å²) in [5.74, 6) is 5.24. The molecule has 7 nitrogen and oxygen atoms in total. The summed E-state index contributed by atoms with van der Waals surface area (Å²) in [7, 11) is 3.75. The van der Waals surface area contributed by atoms with Crippen LogP contribution in [0.4, 0.5) is 0 Å². The third-order valence-corrected chi connectivity index (χ3v) is 4.67. The summed E-state index contributed by atoms with van der Waals surface area (Å²) in [4.78, 5) is 26.0. The molecule has 0 aromatic heterocycles. The Morgan fingerprint density at radius 3 is 2.19 bits per heavy atom. The van der Waals surface area contributed by atoms with Crippen LogP contribution in [0.2, 0.25) is 0 Å². The molecule has 0 aliphatic rings. The first kappa shape index (κ1) is 24.3. The average Bonchev–Trinajstić information content (AvgIpc) is 2.80. The molecule has 1 amide bonds. The van der Waals surface area contributed by atoms with E-state index in [0.29, 0.717) is 12.2 Å². The number of benzene rings is 2. The molecule has 2 rings (SSSR count). The van der Waals surface area contributed by atoms with Crippen molar-refractivity contribution in [1.29, 1.82) is 0 Å². The van der Waals surface area contributed by atoms with Crippen LogP contribution in [0.5, 0.6) is 0 Å². The monoisotopic (exact) mass is 423 g/mol. The van der Waals surface area contributed by atoms with Gasteiger partial charge in [0.1, 0.15) is 12.6 Å². The molecule has 2 aromatic rings. The largest absolute Gasteiger partial charge is 0.388 e. The van der Waals surface area contributed by atoms with Crippen LogP contribution >= 0.6 is 0 Å². The van der Waals surface area contributed by atoms with Crippen LogP contribution in [0.15, 0.2) is 48.5 Å². The highest BCUT2D eigenvalue weighted by atomic mass is 16.5. The Balaban J connectivity index is 1.96. The maximum Gasteiger partial charge on any atom is 0.251 e. The van der Waals surface area contributed by atoms with E-state index < -0.39 is 24.3 Å². The van der Waals surface area contributed by atoms with Crippen molar-refractivity contribution in [3.05, 3.63) is 70.8 Å². The molecule has 0 bridgehead atoms. The van der Waals surface area contributed by atoms with Crippen LogP contribution in [-0.4, -0.2) is 68.2 Å².